The predicted molar refractivity (Wildman–Crippen MR) is 61.7 cm³/mol. The van der Waals surface area contributed by atoms with Crippen LogP contribution in [0.3, 0.4) is 0 Å². The molecule has 0 fully saturated rings. The molecule has 0 spiro atoms. The minimum absolute atomic E-state index is 0.0121. The molecule has 0 aliphatic heterocycles. The van der Waals surface area contributed by atoms with E-state index in [4.69, 9.17) is 23.2 Å². The van der Waals surface area contributed by atoms with Gasteiger partial charge in [0.05, 0.1) is 11.4 Å². The number of hydrogen-bond donors (Lipinski definition) is 1. The van der Waals surface area contributed by atoms with E-state index in [1.165, 1.54) is 6.07 Å². The van der Waals surface area contributed by atoms with Crippen molar-refractivity contribution in [2.24, 2.45) is 0 Å². The van der Waals surface area contributed by atoms with E-state index in [1.807, 2.05) is 0 Å². The van der Waals surface area contributed by atoms with E-state index in [0.29, 0.717) is 0 Å². The van der Waals surface area contributed by atoms with Gasteiger partial charge in [-0.3, -0.25) is 0 Å². The van der Waals surface area contributed by atoms with Gasteiger partial charge in [-0.05, 0) is 12.1 Å². The number of halogens is 4. The Labute approximate surface area is 105 Å². The zero-order chi connectivity index (χ0) is 12.4. The molecule has 88 valence electrons. The molecule has 0 radical (unpaired) electrons. The number of nitrogens with one attached hydrogen (secondary N) is 1. The van der Waals surface area contributed by atoms with Crippen LogP contribution in [0, 0.1) is 11.6 Å². The van der Waals surface area contributed by atoms with Gasteiger partial charge in [-0.2, -0.15) is 0 Å². The van der Waals surface area contributed by atoms with E-state index in [0.717, 1.165) is 18.2 Å². The molecule has 2 rings (SSSR count). The fraction of sp³-hybridized carbons (Fsp3) is 0. The van der Waals surface area contributed by atoms with Crippen LogP contribution < -0.4 is 5.32 Å². The molecule has 0 amide bonds. The first-order chi connectivity index (χ1) is 8.06. The summed E-state index contributed by atoms with van der Waals surface area (Å²) in [5.74, 6) is -1.19. The lowest BCUT2D eigenvalue weighted by Gasteiger charge is -2.08. The monoisotopic (exact) mass is 275 g/mol. The number of nitrogens with zero attached hydrogens (tertiary/aromatic N) is 2. The Hall–Kier alpha value is -1.46. The summed E-state index contributed by atoms with van der Waals surface area (Å²) in [5.41, 5.74) is 0.187. The molecular formula is C10H5Cl2F2N3. The van der Waals surface area contributed by atoms with E-state index in [9.17, 15) is 8.78 Å². The second-order valence-electron chi connectivity index (χ2n) is 3.12. The molecule has 0 saturated carbocycles. The second kappa shape index (κ2) is 4.81. The Bertz CT molecular complexity index is 514. The summed E-state index contributed by atoms with van der Waals surface area (Å²) in [6, 6.07) is 4.38. The third-order valence-electron chi connectivity index (χ3n) is 1.92. The van der Waals surface area contributed by atoms with E-state index < -0.39 is 11.6 Å². The average molecular weight is 276 g/mol. The number of anilines is 2. The van der Waals surface area contributed by atoms with Crippen molar-refractivity contribution in [2.75, 3.05) is 5.32 Å². The lowest BCUT2D eigenvalue weighted by molar-refractivity contribution is 0.603. The summed E-state index contributed by atoms with van der Waals surface area (Å²) in [6.45, 7) is 0. The van der Waals surface area contributed by atoms with Gasteiger partial charge in [0.25, 0.3) is 0 Å². The summed E-state index contributed by atoms with van der Waals surface area (Å²) in [4.78, 5) is 0. The van der Waals surface area contributed by atoms with Gasteiger partial charge in [0.1, 0.15) is 11.6 Å². The molecule has 2 aromatic rings. The Morgan fingerprint density at radius 2 is 1.76 bits per heavy atom. The van der Waals surface area contributed by atoms with Crippen LogP contribution in [0.4, 0.5) is 20.2 Å². The van der Waals surface area contributed by atoms with Gasteiger partial charge < -0.3 is 5.32 Å². The lowest BCUT2D eigenvalue weighted by Crippen LogP contribution is -1.97. The highest BCUT2D eigenvalue weighted by Gasteiger charge is 2.08. The fourth-order valence-electron chi connectivity index (χ4n) is 1.18. The third-order valence-corrected chi connectivity index (χ3v) is 2.38. The van der Waals surface area contributed by atoms with Crippen molar-refractivity contribution in [2.45, 2.75) is 0 Å². The van der Waals surface area contributed by atoms with Crippen molar-refractivity contribution >= 4 is 34.6 Å². The van der Waals surface area contributed by atoms with Crippen molar-refractivity contribution in [1.82, 2.24) is 10.2 Å². The van der Waals surface area contributed by atoms with Crippen LogP contribution >= 0.6 is 23.2 Å². The first-order valence-corrected chi connectivity index (χ1v) is 5.22. The Morgan fingerprint density at radius 3 is 2.53 bits per heavy atom. The van der Waals surface area contributed by atoms with Crippen LogP contribution in [-0.4, -0.2) is 10.2 Å². The minimum atomic E-state index is -0.615. The van der Waals surface area contributed by atoms with Crippen LogP contribution in [0.5, 0.6) is 0 Å². The van der Waals surface area contributed by atoms with Crippen LogP contribution in [0.1, 0.15) is 0 Å². The van der Waals surface area contributed by atoms with Gasteiger partial charge in [-0.25, -0.2) is 8.78 Å². The van der Waals surface area contributed by atoms with Gasteiger partial charge in [-0.1, -0.05) is 23.2 Å². The Morgan fingerprint density at radius 1 is 1.00 bits per heavy atom. The molecule has 17 heavy (non-hydrogen) atoms. The fourth-order valence-corrected chi connectivity index (χ4v) is 1.47. The van der Waals surface area contributed by atoms with Crippen molar-refractivity contribution in [1.29, 1.82) is 0 Å². The quantitative estimate of drug-likeness (QED) is 0.906. The standard InChI is InChI=1S/C10H5Cl2F2N3/c11-9-4-8(10(12)17-16-9)15-7-3-5(13)1-2-6(7)14/h1-4H,(H,15,16). The zero-order valence-electron chi connectivity index (χ0n) is 8.22. The summed E-state index contributed by atoms with van der Waals surface area (Å²) in [6.07, 6.45) is 0. The summed E-state index contributed by atoms with van der Waals surface area (Å²) in [5, 5.41) is 9.72. The third kappa shape index (κ3) is 2.81. The molecule has 0 aliphatic rings. The summed E-state index contributed by atoms with van der Waals surface area (Å²) < 4.78 is 26.3. The zero-order valence-corrected chi connectivity index (χ0v) is 9.73. The summed E-state index contributed by atoms with van der Waals surface area (Å²) in [7, 11) is 0. The SMILES string of the molecule is Fc1ccc(F)c(Nc2cc(Cl)nnc2Cl)c1. The minimum Gasteiger partial charge on any atom is -0.350 e. The van der Waals surface area contributed by atoms with Gasteiger partial charge in [0.15, 0.2) is 10.3 Å². The molecular weight excluding hydrogens is 271 g/mol. The first kappa shape index (κ1) is 12.0. The van der Waals surface area contributed by atoms with E-state index in [2.05, 4.69) is 15.5 Å². The topological polar surface area (TPSA) is 37.8 Å². The van der Waals surface area contributed by atoms with Gasteiger partial charge >= 0.3 is 0 Å². The Balaban J connectivity index is 2.37. The van der Waals surface area contributed by atoms with Crippen LogP contribution in [0.25, 0.3) is 0 Å². The normalized spacial score (nSPS) is 10.4. The number of hydrogen-bond acceptors (Lipinski definition) is 3. The highest BCUT2D eigenvalue weighted by molar-refractivity contribution is 6.33. The smallest absolute Gasteiger partial charge is 0.175 e. The van der Waals surface area contributed by atoms with Crippen molar-refractivity contribution in [3.63, 3.8) is 0 Å². The lowest BCUT2D eigenvalue weighted by atomic mass is 10.3. The highest BCUT2D eigenvalue weighted by Crippen LogP contribution is 2.26. The molecule has 3 nitrogen and oxygen atoms in total. The van der Waals surface area contributed by atoms with Crippen molar-refractivity contribution in [3.8, 4) is 0 Å². The molecule has 0 unspecified atom stereocenters. The Kier molecular flexibility index (Phi) is 3.40. The number of rotatable bonds is 2. The van der Waals surface area contributed by atoms with Crippen LogP contribution in [0.2, 0.25) is 10.3 Å². The number of benzene rings is 1. The second-order valence-corrected chi connectivity index (χ2v) is 3.87. The maximum atomic E-state index is 13.3. The molecule has 1 aromatic carbocycles. The van der Waals surface area contributed by atoms with E-state index in [1.54, 1.807) is 0 Å². The van der Waals surface area contributed by atoms with Crippen LogP contribution in [0.15, 0.2) is 24.3 Å². The van der Waals surface area contributed by atoms with E-state index in [-0.39, 0.29) is 21.7 Å². The van der Waals surface area contributed by atoms with Crippen molar-refractivity contribution < 1.29 is 8.78 Å². The van der Waals surface area contributed by atoms with Gasteiger partial charge in [0, 0.05) is 12.1 Å². The van der Waals surface area contributed by atoms with E-state index >= 15 is 0 Å². The first-order valence-electron chi connectivity index (χ1n) is 4.47. The molecule has 7 heteroatoms. The molecule has 0 atom stereocenters. The van der Waals surface area contributed by atoms with Gasteiger partial charge in [0.2, 0.25) is 0 Å². The molecule has 1 aromatic heterocycles. The van der Waals surface area contributed by atoms with Gasteiger partial charge in [-0.15, -0.1) is 10.2 Å². The highest BCUT2D eigenvalue weighted by atomic mass is 35.5. The maximum absolute atomic E-state index is 13.3. The average Bonchev–Trinajstić information content (AvgIpc) is 2.28. The molecule has 0 aliphatic carbocycles. The molecule has 1 heterocycles. The van der Waals surface area contributed by atoms with Crippen LogP contribution in [-0.2, 0) is 0 Å². The number of aromatic nitrogens is 2. The molecule has 1 N–H and O–H groups in total. The molecule has 0 saturated heterocycles. The molecule has 0 bridgehead atoms. The predicted octanol–water partition coefficient (Wildman–Crippen LogP) is 3.81. The van der Waals surface area contributed by atoms with Crippen molar-refractivity contribution in [3.05, 3.63) is 46.2 Å². The maximum Gasteiger partial charge on any atom is 0.175 e. The largest absolute Gasteiger partial charge is 0.350 e. The summed E-state index contributed by atoms with van der Waals surface area (Å²) >= 11 is 11.3.